The van der Waals surface area contributed by atoms with Crippen LogP contribution in [0, 0.1) is 6.92 Å². The number of nitrogens with zero attached hydrogens (tertiary/aromatic N) is 1. The highest BCUT2D eigenvalue weighted by atomic mass is 35.5. The smallest absolute Gasteiger partial charge is 0.208 e. The number of oxazole rings is 1. The molecule has 0 atom stereocenters. The Morgan fingerprint density at radius 1 is 1.37 bits per heavy atom. The predicted molar refractivity (Wildman–Crippen MR) is 75.3 cm³/mol. The van der Waals surface area contributed by atoms with Gasteiger partial charge in [-0.25, -0.2) is 4.98 Å². The van der Waals surface area contributed by atoms with Crippen LogP contribution in [-0.2, 0) is 11.3 Å². The maximum absolute atomic E-state index is 6.04. The molecule has 0 unspecified atom stereocenters. The lowest BCUT2D eigenvalue weighted by Crippen LogP contribution is -2.18. The van der Waals surface area contributed by atoms with Gasteiger partial charge in [0.1, 0.15) is 0 Å². The van der Waals surface area contributed by atoms with Crippen LogP contribution in [0.5, 0.6) is 0 Å². The summed E-state index contributed by atoms with van der Waals surface area (Å²) in [5, 5.41) is 3.88. The second kappa shape index (κ2) is 6.70. The van der Waals surface area contributed by atoms with Gasteiger partial charge >= 0.3 is 0 Å². The molecule has 0 aliphatic rings. The molecule has 0 aliphatic carbocycles. The molecule has 4 nitrogen and oxygen atoms in total. The first-order valence-corrected chi connectivity index (χ1v) is 6.49. The van der Waals surface area contributed by atoms with Crippen LogP contribution in [-0.4, -0.2) is 25.2 Å². The molecule has 2 rings (SSSR count). The van der Waals surface area contributed by atoms with Crippen LogP contribution in [0.3, 0.4) is 0 Å². The number of halogens is 1. The highest BCUT2D eigenvalue weighted by Crippen LogP contribution is 2.25. The zero-order valence-electron chi connectivity index (χ0n) is 11.1. The molecule has 0 amide bonds. The van der Waals surface area contributed by atoms with E-state index in [-0.39, 0.29) is 0 Å². The van der Waals surface area contributed by atoms with Gasteiger partial charge in [-0.1, -0.05) is 11.6 Å². The van der Waals surface area contributed by atoms with E-state index < -0.39 is 0 Å². The predicted octanol–water partition coefficient (Wildman–Crippen LogP) is 3.04. The molecule has 1 N–H and O–H groups in total. The van der Waals surface area contributed by atoms with E-state index in [2.05, 4.69) is 10.3 Å². The van der Waals surface area contributed by atoms with Crippen LogP contribution in [0.1, 0.15) is 11.5 Å². The van der Waals surface area contributed by atoms with Gasteiger partial charge in [0.2, 0.25) is 5.89 Å². The van der Waals surface area contributed by atoms with Crippen LogP contribution >= 0.6 is 11.6 Å². The molecule has 0 saturated heterocycles. The Kier molecular flexibility index (Phi) is 4.96. The molecule has 1 heterocycles. The third kappa shape index (κ3) is 4.06. The van der Waals surface area contributed by atoms with Gasteiger partial charge in [0.25, 0.3) is 0 Å². The molecule has 0 aliphatic heterocycles. The average Bonchev–Trinajstić information content (AvgIpc) is 2.82. The summed E-state index contributed by atoms with van der Waals surface area (Å²) in [6.45, 7) is 4.02. The van der Waals surface area contributed by atoms with Gasteiger partial charge in [0.15, 0.2) is 5.76 Å². The molecule has 2 aromatic rings. The summed E-state index contributed by atoms with van der Waals surface area (Å²) in [7, 11) is 1.67. The topological polar surface area (TPSA) is 47.3 Å². The Hall–Kier alpha value is -1.36. The summed E-state index contributed by atoms with van der Waals surface area (Å²) in [5.74, 6) is 1.39. The normalized spacial score (nSPS) is 10.9. The number of ether oxygens (including phenoxy) is 1. The number of hydrogen-bond acceptors (Lipinski definition) is 4. The van der Waals surface area contributed by atoms with E-state index in [1.807, 2.05) is 25.1 Å². The number of aryl methyl sites for hydroxylation is 1. The van der Waals surface area contributed by atoms with Crippen molar-refractivity contribution in [1.82, 2.24) is 10.3 Å². The lowest BCUT2D eigenvalue weighted by Gasteiger charge is -2.01. The van der Waals surface area contributed by atoms with Gasteiger partial charge in [-0.2, -0.15) is 0 Å². The minimum Gasteiger partial charge on any atom is -0.439 e. The van der Waals surface area contributed by atoms with Crippen molar-refractivity contribution < 1.29 is 9.15 Å². The summed E-state index contributed by atoms with van der Waals surface area (Å²) < 4.78 is 10.6. The van der Waals surface area contributed by atoms with Crippen molar-refractivity contribution in [1.29, 1.82) is 0 Å². The van der Waals surface area contributed by atoms with Crippen molar-refractivity contribution in [2.24, 2.45) is 0 Å². The van der Waals surface area contributed by atoms with Gasteiger partial charge in [0, 0.05) is 24.2 Å². The molecule has 19 heavy (non-hydrogen) atoms. The second-order valence-corrected chi connectivity index (χ2v) is 4.74. The molecule has 0 spiro atoms. The number of methoxy groups -OCH3 is 1. The fourth-order valence-electron chi connectivity index (χ4n) is 1.77. The largest absolute Gasteiger partial charge is 0.439 e. The highest BCUT2D eigenvalue weighted by Gasteiger charge is 2.07. The first-order chi connectivity index (χ1) is 9.19. The molecule has 0 fully saturated rings. The summed E-state index contributed by atoms with van der Waals surface area (Å²) in [4.78, 5) is 4.24. The monoisotopic (exact) mass is 280 g/mol. The van der Waals surface area contributed by atoms with E-state index >= 15 is 0 Å². The Bertz CT molecular complexity index is 520. The third-order valence-electron chi connectivity index (χ3n) is 2.64. The molecule has 102 valence electrons. The van der Waals surface area contributed by atoms with E-state index in [9.17, 15) is 0 Å². The molecular weight excluding hydrogens is 264 g/mol. The van der Waals surface area contributed by atoms with Crippen molar-refractivity contribution in [3.8, 4) is 11.3 Å². The third-order valence-corrected chi connectivity index (χ3v) is 2.86. The zero-order chi connectivity index (χ0) is 13.7. The van der Waals surface area contributed by atoms with E-state index in [0.29, 0.717) is 24.1 Å². The Morgan fingerprint density at radius 2 is 2.21 bits per heavy atom. The van der Waals surface area contributed by atoms with Gasteiger partial charge in [-0.05, 0) is 30.7 Å². The summed E-state index contributed by atoms with van der Waals surface area (Å²) >= 11 is 6.04. The maximum atomic E-state index is 6.04. The van der Waals surface area contributed by atoms with Gasteiger partial charge in [-0.3, -0.25) is 0 Å². The van der Waals surface area contributed by atoms with Crippen molar-refractivity contribution in [2.75, 3.05) is 20.3 Å². The van der Waals surface area contributed by atoms with Crippen LogP contribution in [0.4, 0.5) is 0 Å². The van der Waals surface area contributed by atoms with Gasteiger partial charge in [-0.15, -0.1) is 0 Å². The van der Waals surface area contributed by atoms with Crippen LogP contribution in [0.15, 0.2) is 28.8 Å². The standard InChI is InChI=1S/C14H17ClN2O2/c1-10-5-11(7-12(15)6-10)13-8-17-14(19-13)9-16-3-4-18-2/h5-8,16H,3-4,9H2,1-2H3. The number of aromatic nitrogens is 1. The summed E-state index contributed by atoms with van der Waals surface area (Å²) in [5.41, 5.74) is 2.04. The van der Waals surface area contributed by atoms with E-state index in [0.717, 1.165) is 23.4 Å². The first-order valence-electron chi connectivity index (χ1n) is 6.11. The Labute approximate surface area is 117 Å². The van der Waals surface area contributed by atoms with Crippen LogP contribution in [0.25, 0.3) is 11.3 Å². The zero-order valence-corrected chi connectivity index (χ0v) is 11.8. The summed E-state index contributed by atoms with van der Waals surface area (Å²) in [6.07, 6.45) is 1.72. The van der Waals surface area contributed by atoms with Crippen LogP contribution < -0.4 is 5.32 Å². The molecule has 0 bridgehead atoms. The minimum absolute atomic E-state index is 0.586. The fraction of sp³-hybridized carbons (Fsp3) is 0.357. The Balaban J connectivity index is 2.03. The molecule has 1 aromatic heterocycles. The highest BCUT2D eigenvalue weighted by molar-refractivity contribution is 6.30. The minimum atomic E-state index is 0.586. The SMILES string of the molecule is COCCNCc1ncc(-c2cc(C)cc(Cl)c2)o1. The number of rotatable bonds is 6. The Morgan fingerprint density at radius 3 is 2.95 bits per heavy atom. The lowest BCUT2D eigenvalue weighted by atomic mass is 10.1. The van der Waals surface area contributed by atoms with E-state index in [1.54, 1.807) is 13.3 Å². The van der Waals surface area contributed by atoms with E-state index in [4.69, 9.17) is 20.8 Å². The second-order valence-electron chi connectivity index (χ2n) is 4.31. The van der Waals surface area contributed by atoms with Gasteiger partial charge in [0.05, 0.1) is 19.3 Å². The number of nitrogens with one attached hydrogen (secondary N) is 1. The molecular formula is C14H17ClN2O2. The van der Waals surface area contributed by atoms with Crippen molar-refractivity contribution in [2.45, 2.75) is 13.5 Å². The average molecular weight is 281 g/mol. The van der Waals surface area contributed by atoms with Crippen molar-refractivity contribution in [3.63, 3.8) is 0 Å². The summed E-state index contributed by atoms with van der Waals surface area (Å²) in [6, 6.07) is 5.81. The van der Waals surface area contributed by atoms with Crippen LogP contribution in [0.2, 0.25) is 5.02 Å². The molecule has 0 saturated carbocycles. The molecule has 5 heteroatoms. The number of hydrogen-bond donors (Lipinski definition) is 1. The van der Waals surface area contributed by atoms with Crippen molar-refractivity contribution in [3.05, 3.63) is 40.9 Å². The molecule has 0 radical (unpaired) electrons. The van der Waals surface area contributed by atoms with Gasteiger partial charge < -0.3 is 14.5 Å². The first kappa shape index (κ1) is 14.1. The quantitative estimate of drug-likeness (QED) is 0.826. The number of benzene rings is 1. The lowest BCUT2D eigenvalue weighted by molar-refractivity contribution is 0.198. The van der Waals surface area contributed by atoms with Crippen molar-refractivity contribution >= 4 is 11.6 Å². The maximum Gasteiger partial charge on any atom is 0.208 e. The van der Waals surface area contributed by atoms with E-state index in [1.165, 1.54) is 0 Å². The fourth-order valence-corrected chi connectivity index (χ4v) is 2.06. The molecule has 1 aromatic carbocycles.